The van der Waals surface area contributed by atoms with Crippen LogP contribution in [-0.2, 0) is 9.59 Å². The number of carbonyl (C=O) groups is 2. The monoisotopic (exact) mass is 400 g/mol. The summed E-state index contributed by atoms with van der Waals surface area (Å²) < 4.78 is 10.4. The van der Waals surface area contributed by atoms with E-state index < -0.39 is 11.9 Å². The van der Waals surface area contributed by atoms with Gasteiger partial charge >= 0.3 is 11.9 Å². The van der Waals surface area contributed by atoms with Crippen LogP contribution in [-0.4, -0.2) is 11.9 Å². The third-order valence-corrected chi connectivity index (χ3v) is 4.27. The fraction of sp³-hybridized carbons (Fsp3) is 0.222. The highest BCUT2D eigenvalue weighted by Crippen LogP contribution is 2.36. The molecule has 0 unspecified atom stereocenters. The third-order valence-electron chi connectivity index (χ3n) is 3.49. The normalized spacial score (nSPS) is 10.4. The van der Waals surface area contributed by atoms with Crippen LogP contribution >= 0.6 is 34.8 Å². The van der Waals surface area contributed by atoms with E-state index in [0.717, 1.165) is 11.1 Å². The number of aryl methyl sites for hydroxylation is 1. The summed E-state index contributed by atoms with van der Waals surface area (Å²) in [6.45, 7) is 3.78. The van der Waals surface area contributed by atoms with Crippen LogP contribution in [0.2, 0.25) is 15.1 Å². The number of carbonyl (C=O) groups excluding carboxylic acids is 2. The van der Waals surface area contributed by atoms with Gasteiger partial charge in [0, 0.05) is 5.02 Å². The van der Waals surface area contributed by atoms with E-state index in [4.69, 9.17) is 44.3 Å². The topological polar surface area (TPSA) is 52.6 Å². The van der Waals surface area contributed by atoms with E-state index in [1.165, 1.54) is 12.1 Å². The molecule has 0 bridgehead atoms. The van der Waals surface area contributed by atoms with Crippen molar-refractivity contribution in [1.82, 2.24) is 0 Å². The Balaban J connectivity index is 1.92. The summed E-state index contributed by atoms with van der Waals surface area (Å²) in [5.74, 6) is -0.689. The predicted octanol–water partition coefficient (Wildman–Crippen LogP) is 5.55. The first-order valence-electron chi connectivity index (χ1n) is 7.40. The zero-order valence-corrected chi connectivity index (χ0v) is 15.8. The standard InChI is InChI=1S/C18H15Cl3O4/c1-10-4-3-5-15(11(10)2)24-16(22)6-7-17(23)25-18-13(20)8-12(19)9-14(18)21/h3-5,8-9H,6-7H2,1-2H3. The van der Waals surface area contributed by atoms with E-state index in [0.29, 0.717) is 10.8 Å². The molecule has 0 radical (unpaired) electrons. The highest BCUT2D eigenvalue weighted by Gasteiger charge is 2.16. The van der Waals surface area contributed by atoms with Crippen molar-refractivity contribution in [1.29, 1.82) is 0 Å². The minimum Gasteiger partial charge on any atom is -0.426 e. The second-order valence-corrected chi connectivity index (χ2v) is 6.60. The van der Waals surface area contributed by atoms with Crippen LogP contribution in [0.1, 0.15) is 24.0 Å². The highest BCUT2D eigenvalue weighted by molar-refractivity contribution is 6.40. The molecule has 0 fully saturated rings. The molecule has 2 aromatic carbocycles. The van der Waals surface area contributed by atoms with E-state index in [9.17, 15) is 9.59 Å². The van der Waals surface area contributed by atoms with E-state index >= 15 is 0 Å². The number of benzene rings is 2. The molecule has 0 atom stereocenters. The van der Waals surface area contributed by atoms with Gasteiger partial charge < -0.3 is 9.47 Å². The number of halogens is 3. The molecule has 2 aromatic rings. The molecule has 0 saturated carbocycles. The van der Waals surface area contributed by atoms with Gasteiger partial charge in [0.25, 0.3) is 0 Å². The van der Waals surface area contributed by atoms with Gasteiger partial charge in [0.2, 0.25) is 0 Å². The lowest BCUT2D eigenvalue weighted by atomic mass is 10.1. The van der Waals surface area contributed by atoms with Crippen molar-refractivity contribution in [2.75, 3.05) is 0 Å². The van der Waals surface area contributed by atoms with E-state index in [1.807, 2.05) is 19.9 Å². The zero-order valence-electron chi connectivity index (χ0n) is 13.6. The van der Waals surface area contributed by atoms with Crippen molar-refractivity contribution in [2.45, 2.75) is 26.7 Å². The smallest absolute Gasteiger partial charge is 0.311 e. The third kappa shape index (κ3) is 5.36. The first-order chi connectivity index (χ1) is 11.8. The van der Waals surface area contributed by atoms with Crippen LogP contribution in [0.25, 0.3) is 0 Å². The van der Waals surface area contributed by atoms with Crippen LogP contribution in [0.15, 0.2) is 30.3 Å². The first-order valence-corrected chi connectivity index (χ1v) is 8.53. The number of ether oxygens (including phenoxy) is 2. The molecular formula is C18H15Cl3O4. The van der Waals surface area contributed by atoms with Gasteiger partial charge in [-0.15, -0.1) is 0 Å². The maximum atomic E-state index is 11.9. The summed E-state index contributed by atoms with van der Waals surface area (Å²) in [4.78, 5) is 23.8. The number of hydrogen-bond donors (Lipinski definition) is 0. The van der Waals surface area contributed by atoms with Gasteiger partial charge in [-0.3, -0.25) is 9.59 Å². The molecule has 0 heterocycles. The average molecular weight is 402 g/mol. The lowest BCUT2D eigenvalue weighted by Gasteiger charge is -2.10. The largest absolute Gasteiger partial charge is 0.426 e. The molecule has 25 heavy (non-hydrogen) atoms. The maximum absolute atomic E-state index is 11.9. The summed E-state index contributed by atoms with van der Waals surface area (Å²) in [7, 11) is 0. The molecule has 132 valence electrons. The van der Waals surface area contributed by atoms with Gasteiger partial charge in [-0.25, -0.2) is 0 Å². The lowest BCUT2D eigenvalue weighted by molar-refractivity contribution is -0.140. The van der Waals surface area contributed by atoms with Crippen molar-refractivity contribution in [3.8, 4) is 11.5 Å². The summed E-state index contributed by atoms with van der Waals surface area (Å²) >= 11 is 17.7. The molecule has 0 aromatic heterocycles. The van der Waals surface area contributed by atoms with Gasteiger partial charge in [0.05, 0.1) is 22.9 Å². The molecule has 0 spiro atoms. The molecule has 7 heteroatoms. The van der Waals surface area contributed by atoms with E-state index in [1.54, 1.807) is 12.1 Å². The molecular weight excluding hydrogens is 387 g/mol. The Kier molecular flexibility index (Phi) is 6.71. The number of hydrogen-bond acceptors (Lipinski definition) is 4. The van der Waals surface area contributed by atoms with Gasteiger partial charge in [0.15, 0.2) is 5.75 Å². The van der Waals surface area contributed by atoms with Crippen LogP contribution < -0.4 is 9.47 Å². The Bertz CT molecular complexity index is 795. The van der Waals surface area contributed by atoms with Gasteiger partial charge in [-0.1, -0.05) is 46.9 Å². The van der Waals surface area contributed by atoms with E-state index in [2.05, 4.69) is 0 Å². The van der Waals surface area contributed by atoms with Crippen molar-refractivity contribution in [2.24, 2.45) is 0 Å². The molecule has 0 aliphatic rings. The van der Waals surface area contributed by atoms with Crippen LogP contribution in [0, 0.1) is 13.8 Å². The average Bonchev–Trinajstić information content (AvgIpc) is 2.53. The Morgan fingerprint density at radius 1 is 0.920 bits per heavy atom. The lowest BCUT2D eigenvalue weighted by Crippen LogP contribution is -2.14. The summed E-state index contributed by atoms with van der Waals surface area (Å²) in [5.41, 5.74) is 1.88. The summed E-state index contributed by atoms with van der Waals surface area (Å²) in [6, 6.07) is 8.23. The Morgan fingerprint density at radius 3 is 2.08 bits per heavy atom. The SMILES string of the molecule is Cc1cccc(OC(=O)CCC(=O)Oc2c(Cl)cc(Cl)cc2Cl)c1C. The van der Waals surface area contributed by atoms with Crippen molar-refractivity contribution < 1.29 is 19.1 Å². The minimum absolute atomic E-state index is 0.0145. The fourth-order valence-corrected chi connectivity index (χ4v) is 2.90. The number of esters is 2. The highest BCUT2D eigenvalue weighted by atomic mass is 35.5. The molecule has 0 saturated heterocycles. The van der Waals surface area contributed by atoms with Crippen molar-refractivity contribution in [3.63, 3.8) is 0 Å². The van der Waals surface area contributed by atoms with Gasteiger partial charge in [-0.05, 0) is 43.2 Å². The first kappa shape index (κ1) is 19.6. The predicted molar refractivity (Wildman–Crippen MR) is 97.9 cm³/mol. The molecule has 0 amide bonds. The zero-order chi connectivity index (χ0) is 18.6. The molecule has 0 aliphatic carbocycles. The maximum Gasteiger partial charge on any atom is 0.311 e. The second kappa shape index (κ2) is 8.56. The Morgan fingerprint density at radius 2 is 1.48 bits per heavy atom. The molecule has 2 rings (SSSR count). The van der Waals surface area contributed by atoms with Crippen molar-refractivity contribution >= 4 is 46.7 Å². The molecule has 0 N–H and O–H groups in total. The van der Waals surface area contributed by atoms with Crippen LogP contribution in [0.4, 0.5) is 0 Å². The molecule has 4 nitrogen and oxygen atoms in total. The van der Waals surface area contributed by atoms with Crippen LogP contribution in [0.5, 0.6) is 11.5 Å². The second-order valence-electron chi connectivity index (χ2n) is 5.34. The fourth-order valence-electron chi connectivity index (χ4n) is 2.00. The van der Waals surface area contributed by atoms with Crippen LogP contribution in [0.3, 0.4) is 0 Å². The summed E-state index contributed by atoms with van der Waals surface area (Å²) in [5, 5.41) is 0.555. The number of rotatable bonds is 5. The van der Waals surface area contributed by atoms with Gasteiger partial charge in [0.1, 0.15) is 5.75 Å². The summed E-state index contributed by atoms with van der Waals surface area (Å²) in [6.07, 6.45) is -0.298. The Hall–Kier alpha value is -1.75. The van der Waals surface area contributed by atoms with E-state index in [-0.39, 0.29) is 28.6 Å². The minimum atomic E-state index is -0.649. The van der Waals surface area contributed by atoms with Crippen molar-refractivity contribution in [3.05, 3.63) is 56.5 Å². The van der Waals surface area contributed by atoms with Gasteiger partial charge in [-0.2, -0.15) is 0 Å². The Labute approximate surface area is 160 Å². The quantitative estimate of drug-likeness (QED) is 0.486. The molecule has 0 aliphatic heterocycles.